The van der Waals surface area contributed by atoms with Crippen LogP contribution in [0.1, 0.15) is 63.2 Å². The van der Waals surface area contributed by atoms with Gasteiger partial charge in [0.1, 0.15) is 11.3 Å². The number of nitrogens with one attached hydrogen (secondary N) is 1. The highest BCUT2D eigenvalue weighted by Crippen LogP contribution is 2.29. The summed E-state index contributed by atoms with van der Waals surface area (Å²) in [6.07, 6.45) is 4.10. The van der Waals surface area contributed by atoms with Gasteiger partial charge >= 0.3 is 5.97 Å². The molecule has 0 unspecified atom stereocenters. The third-order valence-electron chi connectivity index (χ3n) is 6.38. The van der Waals surface area contributed by atoms with Crippen molar-refractivity contribution in [3.05, 3.63) is 41.8 Å². The summed E-state index contributed by atoms with van der Waals surface area (Å²) in [5.74, 6) is -0.743. The van der Waals surface area contributed by atoms with Crippen LogP contribution in [0.25, 0.3) is 11.3 Å². The molecule has 4 rings (SSSR count). The zero-order valence-electron chi connectivity index (χ0n) is 20.5. The van der Waals surface area contributed by atoms with Crippen molar-refractivity contribution in [1.82, 2.24) is 14.9 Å². The van der Waals surface area contributed by atoms with Gasteiger partial charge in [-0.2, -0.15) is 0 Å². The summed E-state index contributed by atoms with van der Waals surface area (Å²) >= 11 is 0. The van der Waals surface area contributed by atoms with E-state index in [0.717, 1.165) is 19.0 Å². The fourth-order valence-corrected chi connectivity index (χ4v) is 4.59. The van der Waals surface area contributed by atoms with Gasteiger partial charge in [-0.15, -0.1) is 0 Å². The Labute approximate surface area is 204 Å². The molecule has 1 amide bonds. The summed E-state index contributed by atoms with van der Waals surface area (Å²) in [4.78, 5) is 35.2. The van der Waals surface area contributed by atoms with E-state index in [4.69, 9.17) is 4.74 Å². The third kappa shape index (κ3) is 6.33. The molecule has 1 aromatic carbocycles. The number of benzene rings is 1. The van der Waals surface area contributed by atoms with Crippen molar-refractivity contribution in [2.75, 3.05) is 18.4 Å². The highest BCUT2D eigenvalue weighted by atomic mass is 19.1. The van der Waals surface area contributed by atoms with Crippen molar-refractivity contribution in [2.45, 2.75) is 70.6 Å². The summed E-state index contributed by atoms with van der Waals surface area (Å²) in [7, 11) is 0. The number of rotatable bonds is 5. The molecule has 1 aliphatic heterocycles. The van der Waals surface area contributed by atoms with Crippen LogP contribution >= 0.6 is 0 Å². The average Bonchev–Trinajstić information content (AvgIpc) is 3.25. The van der Waals surface area contributed by atoms with Crippen molar-refractivity contribution in [3.63, 3.8) is 0 Å². The summed E-state index contributed by atoms with van der Waals surface area (Å²) in [5, 5.41) is 13.0. The lowest BCUT2D eigenvalue weighted by molar-refractivity contribution is -0.161. The van der Waals surface area contributed by atoms with Crippen LogP contribution in [0.2, 0.25) is 0 Å². The zero-order chi connectivity index (χ0) is 25.2. The molecule has 9 heteroatoms. The van der Waals surface area contributed by atoms with E-state index >= 15 is 0 Å². The molecule has 0 spiro atoms. The van der Waals surface area contributed by atoms with E-state index in [2.05, 4.69) is 15.3 Å². The van der Waals surface area contributed by atoms with Crippen LogP contribution in [0.4, 0.5) is 10.3 Å². The van der Waals surface area contributed by atoms with E-state index in [1.165, 1.54) is 0 Å². The fraction of sp³-hybridized carbons (Fsp3) is 0.538. The van der Waals surface area contributed by atoms with E-state index in [0.29, 0.717) is 49.4 Å². The van der Waals surface area contributed by atoms with Crippen LogP contribution in [0.15, 0.2) is 30.5 Å². The van der Waals surface area contributed by atoms with Crippen LogP contribution in [0.3, 0.4) is 0 Å². The number of likely N-dealkylation sites (tertiary alicyclic amines) is 1. The number of carbonyl (C=O) groups excluding carboxylic acids is 2. The van der Waals surface area contributed by atoms with Crippen LogP contribution in [-0.2, 0) is 9.53 Å². The highest BCUT2D eigenvalue weighted by molar-refractivity contribution is 5.95. The van der Waals surface area contributed by atoms with Gasteiger partial charge in [-0.1, -0.05) is 12.1 Å². The largest absolute Gasteiger partial charge is 0.460 e. The van der Waals surface area contributed by atoms with Crippen LogP contribution in [0, 0.1) is 11.7 Å². The molecule has 1 saturated heterocycles. The molecule has 0 bridgehead atoms. The Morgan fingerprint density at radius 2 is 1.91 bits per heavy atom. The zero-order valence-corrected chi connectivity index (χ0v) is 20.5. The molecule has 1 aliphatic carbocycles. The maximum Gasteiger partial charge on any atom is 0.309 e. The van der Waals surface area contributed by atoms with E-state index in [-0.39, 0.29) is 29.5 Å². The van der Waals surface area contributed by atoms with Gasteiger partial charge in [-0.25, -0.2) is 14.4 Å². The number of aliphatic hydroxyl groups is 1. The number of amides is 1. The lowest BCUT2D eigenvalue weighted by Gasteiger charge is -2.30. The van der Waals surface area contributed by atoms with Crippen LogP contribution in [0.5, 0.6) is 0 Å². The first-order valence-corrected chi connectivity index (χ1v) is 12.2. The van der Waals surface area contributed by atoms with Gasteiger partial charge in [0.2, 0.25) is 5.95 Å². The van der Waals surface area contributed by atoms with Crippen LogP contribution < -0.4 is 5.32 Å². The molecule has 2 N–H and O–H groups in total. The maximum absolute atomic E-state index is 14.7. The van der Waals surface area contributed by atoms with Gasteiger partial charge in [0.05, 0.1) is 18.2 Å². The minimum Gasteiger partial charge on any atom is -0.460 e. The lowest BCUT2D eigenvalue weighted by Crippen LogP contribution is -2.34. The number of anilines is 1. The van der Waals surface area contributed by atoms with Crippen molar-refractivity contribution < 1.29 is 23.8 Å². The first kappa shape index (κ1) is 25.0. The standard InChI is InChI=1S/C26H33FN4O4/c1-26(2,3)35-24(34)16-7-9-19(10-8-16)29-25-28-14-21(27)22(30-25)17-5-4-6-18(13-17)23(33)31-12-11-20(32)15-31/h4-6,13-14,16,19-20,32H,7-12,15H2,1-3H3,(H,28,29,30)/t16?,19?,20-/m0/s1. The number of hydrogen-bond acceptors (Lipinski definition) is 7. The Kier molecular flexibility index (Phi) is 7.35. The summed E-state index contributed by atoms with van der Waals surface area (Å²) < 4.78 is 20.2. The van der Waals surface area contributed by atoms with Gasteiger partial charge in [0, 0.05) is 30.3 Å². The topological polar surface area (TPSA) is 105 Å². The second-order valence-corrected chi connectivity index (χ2v) is 10.4. The fourth-order valence-electron chi connectivity index (χ4n) is 4.59. The number of esters is 1. The molecular weight excluding hydrogens is 451 g/mol. The minimum absolute atomic E-state index is 0.0708. The van der Waals surface area contributed by atoms with E-state index < -0.39 is 17.5 Å². The number of hydrogen-bond donors (Lipinski definition) is 2. The Morgan fingerprint density at radius 3 is 2.57 bits per heavy atom. The van der Waals surface area contributed by atoms with Gasteiger partial charge in [-0.05, 0) is 65.0 Å². The molecule has 2 aliphatic rings. The molecule has 2 fully saturated rings. The number of β-amino-alcohol motifs (C(OH)–C–C–N with tert-alkyl or cyclic N) is 1. The number of nitrogens with zero attached hydrogens (tertiary/aromatic N) is 3. The predicted octanol–water partition coefficient (Wildman–Crippen LogP) is 3.80. The summed E-state index contributed by atoms with van der Waals surface area (Å²) in [5.41, 5.74) is 0.514. The Balaban J connectivity index is 1.42. The highest BCUT2D eigenvalue weighted by Gasteiger charge is 2.30. The number of aromatic nitrogens is 2. The molecule has 2 heterocycles. The Bertz CT molecular complexity index is 1080. The number of halogens is 1. The van der Waals surface area contributed by atoms with Crippen molar-refractivity contribution in [3.8, 4) is 11.3 Å². The van der Waals surface area contributed by atoms with E-state index in [1.54, 1.807) is 29.2 Å². The van der Waals surface area contributed by atoms with Gasteiger partial charge in [0.25, 0.3) is 5.91 Å². The smallest absolute Gasteiger partial charge is 0.309 e. The van der Waals surface area contributed by atoms with Crippen molar-refractivity contribution in [1.29, 1.82) is 0 Å². The lowest BCUT2D eigenvalue weighted by atomic mass is 9.86. The second-order valence-electron chi connectivity index (χ2n) is 10.4. The molecule has 1 aromatic heterocycles. The maximum atomic E-state index is 14.7. The predicted molar refractivity (Wildman–Crippen MR) is 129 cm³/mol. The minimum atomic E-state index is -0.578. The summed E-state index contributed by atoms with van der Waals surface area (Å²) in [6.45, 7) is 6.39. The average molecular weight is 485 g/mol. The quantitative estimate of drug-likeness (QED) is 0.622. The van der Waals surface area contributed by atoms with Gasteiger partial charge in [-0.3, -0.25) is 9.59 Å². The number of aliphatic hydroxyl groups excluding tert-OH is 1. The van der Waals surface area contributed by atoms with Gasteiger partial charge < -0.3 is 20.1 Å². The molecule has 1 saturated carbocycles. The summed E-state index contributed by atoms with van der Waals surface area (Å²) in [6, 6.07) is 6.77. The first-order valence-electron chi connectivity index (χ1n) is 12.2. The molecule has 35 heavy (non-hydrogen) atoms. The van der Waals surface area contributed by atoms with Crippen molar-refractivity contribution >= 4 is 17.8 Å². The monoisotopic (exact) mass is 484 g/mol. The SMILES string of the molecule is CC(C)(C)OC(=O)C1CCC(Nc2ncc(F)c(-c3cccc(C(=O)N4CC[C@H](O)C4)c3)n2)CC1. The number of carbonyl (C=O) groups is 2. The Hall–Kier alpha value is -3.07. The van der Waals surface area contributed by atoms with Crippen LogP contribution in [-0.4, -0.2) is 62.7 Å². The molecule has 2 aromatic rings. The second kappa shape index (κ2) is 10.3. The third-order valence-corrected chi connectivity index (χ3v) is 6.38. The Morgan fingerprint density at radius 1 is 1.17 bits per heavy atom. The molecular formula is C26H33FN4O4. The molecule has 0 radical (unpaired) electrons. The van der Waals surface area contributed by atoms with E-state index in [9.17, 15) is 19.1 Å². The molecule has 1 atom stereocenters. The molecule has 8 nitrogen and oxygen atoms in total. The van der Waals surface area contributed by atoms with Gasteiger partial charge in [0.15, 0.2) is 5.82 Å². The normalized spacial score (nSPS) is 22.7. The van der Waals surface area contributed by atoms with Crippen molar-refractivity contribution in [2.24, 2.45) is 5.92 Å². The molecule has 188 valence electrons. The van der Waals surface area contributed by atoms with E-state index in [1.807, 2.05) is 20.8 Å². The number of ether oxygens (including phenoxy) is 1. The first-order chi connectivity index (χ1) is 16.6.